The first-order valence-corrected chi connectivity index (χ1v) is 4.27. The number of halogens is 3. The van der Waals surface area contributed by atoms with Gasteiger partial charge in [0.25, 0.3) is 5.92 Å². The van der Waals surface area contributed by atoms with Crippen molar-refractivity contribution in [1.82, 2.24) is 9.97 Å². The summed E-state index contributed by atoms with van der Waals surface area (Å²) in [5, 5.41) is 0. The Kier molecular flexibility index (Phi) is 2.17. The number of hydrogen-bond acceptors (Lipinski definition) is 4. The summed E-state index contributed by atoms with van der Waals surface area (Å²) in [6.45, 7) is -0.182. The molecule has 0 saturated heterocycles. The lowest BCUT2D eigenvalue weighted by atomic mass is 10.4. The molecular formula is C8H8F3N3O. The number of anilines is 1. The van der Waals surface area contributed by atoms with E-state index in [1.807, 2.05) is 0 Å². The standard InChI is InChI=1S/C8H8F3N3O/c9-5-2-13-7(14-6(5)12)15-3-4-1-8(4,10)11/h2,4H,1,3H2,(H2,12,13,14). The second-order valence-corrected chi connectivity index (χ2v) is 3.36. The zero-order chi connectivity index (χ0) is 11.1. The third-order valence-corrected chi connectivity index (χ3v) is 2.12. The Morgan fingerprint density at radius 2 is 2.27 bits per heavy atom. The number of nitrogens with two attached hydrogens (primary N) is 1. The van der Waals surface area contributed by atoms with Gasteiger partial charge in [0.15, 0.2) is 11.6 Å². The van der Waals surface area contributed by atoms with Gasteiger partial charge in [0.1, 0.15) is 6.61 Å². The first-order chi connectivity index (χ1) is 6.99. The lowest BCUT2D eigenvalue weighted by molar-refractivity contribution is 0.0842. The second kappa shape index (κ2) is 3.25. The molecule has 7 heteroatoms. The molecule has 0 amide bonds. The Bertz CT molecular complexity index is 385. The van der Waals surface area contributed by atoms with E-state index in [-0.39, 0.29) is 24.9 Å². The molecule has 0 spiro atoms. The second-order valence-electron chi connectivity index (χ2n) is 3.36. The van der Waals surface area contributed by atoms with Crippen LogP contribution >= 0.6 is 0 Å². The maximum absolute atomic E-state index is 12.6. The molecule has 2 rings (SSSR count). The lowest BCUT2D eigenvalue weighted by Gasteiger charge is -2.03. The number of nitrogen functional groups attached to an aromatic ring is 1. The zero-order valence-corrected chi connectivity index (χ0v) is 7.58. The highest BCUT2D eigenvalue weighted by atomic mass is 19.3. The molecule has 0 aliphatic heterocycles. The van der Waals surface area contributed by atoms with Gasteiger partial charge in [0.05, 0.1) is 12.1 Å². The monoisotopic (exact) mass is 219 g/mol. The molecule has 1 unspecified atom stereocenters. The van der Waals surface area contributed by atoms with Crippen molar-refractivity contribution in [3.8, 4) is 6.01 Å². The minimum absolute atomic E-state index is 0.182. The van der Waals surface area contributed by atoms with Crippen molar-refractivity contribution in [2.45, 2.75) is 12.3 Å². The highest BCUT2D eigenvalue weighted by Gasteiger charge is 2.57. The number of aromatic nitrogens is 2. The van der Waals surface area contributed by atoms with E-state index in [1.54, 1.807) is 0 Å². The summed E-state index contributed by atoms with van der Waals surface area (Å²) in [5.41, 5.74) is 5.14. The summed E-state index contributed by atoms with van der Waals surface area (Å²) in [6.07, 6.45) is 0.645. The molecule has 82 valence electrons. The molecule has 1 fully saturated rings. The SMILES string of the molecule is Nc1nc(OCC2CC2(F)F)ncc1F. The molecule has 2 N–H and O–H groups in total. The van der Waals surface area contributed by atoms with Crippen molar-refractivity contribution in [2.24, 2.45) is 5.92 Å². The smallest absolute Gasteiger partial charge is 0.318 e. The molecule has 1 aliphatic rings. The van der Waals surface area contributed by atoms with Crippen LogP contribution in [0.1, 0.15) is 6.42 Å². The summed E-state index contributed by atoms with van der Waals surface area (Å²) in [4.78, 5) is 6.90. The van der Waals surface area contributed by atoms with Crippen LogP contribution in [-0.2, 0) is 0 Å². The summed E-state index contributed by atoms with van der Waals surface area (Å²) in [5.74, 6) is -4.57. The predicted molar refractivity (Wildman–Crippen MR) is 45.0 cm³/mol. The molecule has 1 aromatic rings. The fraction of sp³-hybridized carbons (Fsp3) is 0.500. The molecule has 1 atom stereocenters. The summed E-state index contributed by atoms with van der Waals surface area (Å²) in [7, 11) is 0. The Balaban J connectivity index is 1.92. The molecule has 15 heavy (non-hydrogen) atoms. The van der Waals surface area contributed by atoms with Crippen LogP contribution in [-0.4, -0.2) is 22.5 Å². The van der Waals surface area contributed by atoms with Gasteiger partial charge in [-0.05, 0) is 0 Å². The summed E-state index contributed by atoms with van der Waals surface area (Å²) < 4.78 is 42.3. The molecule has 0 radical (unpaired) electrons. The van der Waals surface area contributed by atoms with E-state index in [9.17, 15) is 13.2 Å². The minimum Gasteiger partial charge on any atom is -0.463 e. The maximum Gasteiger partial charge on any atom is 0.318 e. The fourth-order valence-electron chi connectivity index (χ4n) is 1.06. The molecule has 1 aliphatic carbocycles. The third-order valence-electron chi connectivity index (χ3n) is 2.12. The lowest BCUT2D eigenvalue weighted by Crippen LogP contribution is -2.08. The van der Waals surface area contributed by atoms with Crippen LogP contribution in [0.4, 0.5) is 19.0 Å². The quantitative estimate of drug-likeness (QED) is 0.830. The number of alkyl halides is 2. The molecule has 0 aromatic carbocycles. The first-order valence-electron chi connectivity index (χ1n) is 4.27. The van der Waals surface area contributed by atoms with E-state index in [1.165, 1.54) is 0 Å². The maximum atomic E-state index is 12.6. The molecule has 1 saturated carbocycles. The largest absolute Gasteiger partial charge is 0.463 e. The van der Waals surface area contributed by atoms with Crippen LogP contribution in [0.5, 0.6) is 6.01 Å². The Labute approximate surface area is 83.3 Å². The van der Waals surface area contributed by atoms with Crippen LogP contribution in [0.25, 0.3) is 0 Å². The fourth-order valence-corrected chi connectivity index (χ4v) is 1.06. The topological polar surface area (TPSA) is 61.0 Å². The van der Waals surface area contributed by atoms with Crippen LogP contribution in [0.2, 0.25) is 0 Å². The molecule has 0 bridgehead atoms. The number of hydrogen-bond donors (Lipinski definition) is 1. The van der Waals surface area contributed by atoms with Gasteiger partial charge in [-0.3, -0.25) is 0 Å². The predicted octanol–water partition coefficient (Wildman–Crippen LogP) is 1.23. The molecular weight excluding hydrogens is 211 g/mol. The number of nitrogens with zero attached hydrogens (tertiary/aromatic N) is 2. The van der Waals surface area contributed by atoms with Gasteiger partial charge >= 0.3 is 6.01 Å². The van der Waals surface area contributed by atoms with Crippen molar-refractivity contribution in [1.29, 1.82) is 0 Å². The van der Waals surface area contributed by atoms with Crippen LogP contribution in [0.15, 0.2) is 6.20 Å². The zero-order valence-electron chi connectivity index (χ0n) is 7.58. The summed E-state index contributed by atoms with van der Waals surface area (Å²) in [6, 6.07) is -0.184. The highest BCUT2D eigenvalue weighted by molar-refractivity contribution is 5.29. The van der Waals surface area contributed by atoms with Gasteiger partial charge in [-0.15, -0.1) is 0 Å². The van der Waals surface area contributed by atoms with Crippen molar-refractivity contribution >= 4 is 5.82 Å². The Hall–Kier alpha value is -1.53. The summed E-state index contributed by atoms with van der Waals surface area (Å²) >= 11 is 0. The van der Waals surface area contributed by atoms with Crippen molar-refractivity contribution in [2.75, 3.05) is 12.3 Å². The van der Waals surface area contributed by atoms with Crippen LogP contribution in [0, 0.1) is 11.7 Å². The van der Waals surface area contributed by atoms with Gasteiger partial charge in [0, 0.05) is 6.42 Å². The van der Waals surface area contributed by atoms with Gasteiger partial charge in [-0.1, -0.05) is 0 Å². The Morgan fingerprint density at radius 3 is 2.80 bits per heavy atom. The van der Waals surface area contributed by atoms with Gasteiger partial charge < -0.3 is 10.5 Å². The van der Waals surface area contributed by atoms with Gasteiger partial charge in [0.2, 0.25) is 0 Å². The average Bonchev–Trinajstić information content (AvgIpc) is 2.77. The first kappa shape index (κ1) is 10.0. The third kappa shape index (κ3) is 2.11. The van der Waals surface area contributed by atoms with E-state index in [0.29, 0.717) is 0 Å². The van der Waals surface area contributed by atoms with Crippen molar-refractivity contribution in [3.05, 3.63) is 12.0 Å². The van der Waals surface area contributed by atoms with Crippen LogP contribution in [0.3, 0.4) is 0 Å². The van der Waals surface area contributed by atoms with E-state index in [4.69, 9.17) is 10.5 Å². The highest BCUT2D eigenvalue weighted by Crippen LogP contribution is 2.48. The molecule has 4 nitrogen and oxygen atoms in total. The normalized spacial score (nSPS) is 22.5. The number of rotatable bonds is 3. The average molecular weight is 219 g/mol. The van der Waals surface area contributed by atoms with Crippen molar-refractivity contribution < 1.29 is 17.9 Å². The van der Waals surface area contributed by atoms with E-state index >= 15 is 0 Å². The number of ether oxygens (including phenoxy) is 1. The van der Waals surface area contributed by atoms with E-state index in [0.717, 1.165) is 6.20 Å². The van der Waals surface area contributed by atoms with Crippen molar-refractivity contribution in [3.63, 3.8) is 0 Å². The van der Waals surface area contributed by atoms with Crippen LogP contribution < -0.4 is 10.5 Å². The Morgan fingerprint density at radius 1 is 1.60 bits per heavy atom. The van der Waals surface area contributed by atoms with Gasteiger partial charge in [-0.2, -0.15) is 4.98 Å². The molecule has 1 heterocycles. The minimum atomic E-state index is -2.65. The van der Waals surface area contributed by atoms with E-state index in [2.05, 4.69) is 9.97 Å². The van der Waals surface area contributed by atoms with Gasteiger partial charge in [-0.25, -0.2) is 18.2 Å². The van der Waals surface area contributed by atoms with E-state index < -0.39 is 17.7 Å². The molecule has 1 aromatic heterocycles.